The first-order valence-corrected chi connectivity index (χ1v) is 6.50. The van der Waals surface area contributed by atoms with Crippen LogP contribution in [0.5, 0.6) is 0 Å². The second-order valence-electron chi connectivity index (χ2n) is 4.43. The summed E-state index contributed by atoms with van der Waals surface area (Å²) < 4.78 is 77.2. The number of anilines is 1. The van der Waals surface area contributed by atoms with Crippen LogP contribution < -0.4 is 5.32 Å². The number of tetrazole rings is 1. The summed E-state index contributed by atoms with van der Waals surface area (Å²) in [5, 5.41) is 22.2. The molecule has 1 aromatic carbocycles. The monoisotopic (exact) mass is 382 g/mol. The number of allylic oxidation sites excluding steroid dienone is 1. The van der Waals surface area contributed by atoms with E-state index < -0.39 is 34.2 Å². The fourth-order valence-electron chi connectivity index (χ4n) is 1.67. The van der Waals surface area contributed by atoms with Crippen LogP contribution in [0.2, 0.25) is 5.02 Å². The molecule has 0 fully saturated rings. The summed E-state index contributed by atoms with van der Waals surface area (Å²) in [6.07, 6.45) is -9.33. The lowest BCUT2D eigenvalue weighted by atomic mass is 10.1. The maximum atomic E-state index is 12.9. The Morgan fingerprint density at radius 3 is 2.36 bits per heavy atom. The van der Waals surface area contributed by atoms with Gasteiger partial charge in [0.1, 0.15) is 11.6 Å². The molecule has 0 amide bonds. The van der Waals surface area contributed by atoms with E-state index in [4.69, 9.17) is 16.9 Å². The molecule has 0 spiro atoms. The van der Waals surface area contributed by atoms with Crippen LogP contribution in [0.25, 0.3) is 5.57 Å². The lowest BCUT2D eigenvalue weighted by Gasteiger charge is -2.16. The summed E-state index contributed by atoms with van der Waals surface area (Å²) in [6, 6.07) is 1.90. The Hall–Kier alpha value is -2.81. The van der Waals surface area contributed by atoms with Gasteiger partial charge in [-0.3, -0.25) is 0 Å². The number of hydrogen-bond donors (Lipinski definition) is 2. The van der Waals surface area contributed by atoms with Gasteiger partial charge < -0.3 is 5.32 Å². The molecule has 1 aromatic heterocycles. The average molecular weight is 383 g/mol. The fraction of sp³-hybridized carbons (Fsp3) is 0.167. The number of alkyl halides is 6. The Kier molecular flexibility index (Phi) is 4.89. The van der Waals surface area contributed by atoms with Crippen molar-refractivity contribution >= 4 is 22.9 Å². The molecule has 132 valence electrons. The highest BCUT2D eigenvalue weighted by atomic mass is 35.5. The molecule has 0 unspecified atom stereocenters. The minimum atomic E-state index is -5.11. The third-order valence-electron chi connectivity index (χ3n) is 2.78. The summed E-state index contributed by atoms with van der Waals surface area (Å²) in [5.74, 6) is -0.214. The topological polar surface area (TPSA) is 90.3 Å². The normalized spacial score (nSPS) is 12.8. The number of hydrogen-bond acceptors (Lipinski definition) is 5. The molecule has 0 saturated heterocycles. The summed E-state index contributed by atoms with van der Waals surface area (Å²) in [4.78, 5) is 0. The molecular formula is C12H5ClF6N6. The van der Waals surface area contributed by atoms with Crippen molar-refractivity contribution in [2.45, 2.75) is 12.4 Å². The van der Waals surface area contributed by atoms with Gasteiger partial charge in [-0.2, -0.15) is 36.8 Å². The molecule has 6 nitrogen and oxygen atoms in total. The summed E-state index contributed by atoms with van der Waals surface area (Å²) >= 11 is 5.56. The summed E-state index contributed by atoms with van der Waals surface area (Å²) in [6.45, 7) is 0. The van der Waals surface area contributed by atoms with Crippen LogP contribution in [0.1, 0.15) is 17.0 Å². The molecule has 2 rings (SSSR count). The van der Waals surface area contributed by atoms with Crippen molar-refractivity contribution in [1.82, 2.24) is 20.6 Å². The van der Waals surface area contributed by atoms with Crippen molar-refractivity contribution in [2.75, 3.05) is 5.32 Å². The number of halogens is 7. The van der Waals surface area contributed by atoms with E-state index in [9.17, 15) is 26.3 Å². The highest BCUT2D eigenvalue weighted by molar-refractivity contribution is 6.34. The number of aromatic amines is 1. The standard InChI is InChI=1S/C12H5ClF6N6/c13-9-7(12(17,18)19)1-6(11(14,15)16)2-8(9)21-4-5(3-20)10-22-24-25-23-10/h1-2,4,21H,(H,22,23,24,25). The van der Waals surface area contributed by atoms with Crippen molar-refractivity contribution in [2.24, 2.45) is 0 Å². The highest BCUT2D eigenvalue weighted by Gasteiger charge is 2.39. The van der Waals surface area contributed by atoms with Gasteiger partial charge in [-0.05, 0) is 17.3 Å². The fourth-order valence-corrected chi connectivity index (χ4v) is 1.94. The third-order valence-corrected chi connectivity index (χ3v) is 3.19. The van der Waals surface area contributed by atoms with Gasteiger partial charge in [0.05, 0.1) is 21.8 Å². The number of rotatable bonds is 3. The minimum Gasteiger partial charge on any atom is -0.359 e. The smallest absolute Gasteiger partial charge is 0.359 e. The molecule has 13 heteroatoms. The Bertz CT molecular complexity index is 834. The lowest BCUT2D eigenvalue weighted by Crippen LogP contribution is -2.12. The first-order valence-electron chi connectivity index (χ1n) is 6.12. The van der Waals surface area contributed by atoms with E-state index in [1.165, 1.54) is 0 Å². The Labute approximate surface area is 140 Å². The van der Waals surface area contributed by atoms with E-state index in [-0.39, 0.29) is 17.5 Å². The van der Waals surface area contributed by atoms with Gasteiger partial charge in [0.25, 0.3) is 0 Å². The molecule has 0 atom stereocenters. The molecular weight excluding hydrogens is 378 g/mol. The number of nitriles is 1. The molecule has 0 radical (unpaired) electrons. The number of nitrogens with zero attached hydrogens (tertiary/aromatic N) is 4. The van der Waals surface area contributed by atoms with Crippen molar-refractivity contribution < 1.29 is 26.3 Å². The zero-order valence-electron chi connectivity index (χ0n) is 11.7. The molecule has 0 aliphatic heterocycles. The maximum Gasteiger partial charge on any atom is 0.417 e. The van der Waals surface area contributed by atoms with Crippen molar-refractivity contribution in [3.05, 3.63) is 40.3 Å². The van der Waals surface area contributed by atoms with Crippen molar-refractivity contribution in [3.8, 4) is 6.07 Å². The van der Waals surface area contributed by atoms with Gasteiger partial charge in [0.2, 0.25) is 5.82 Å². The summed E-state index contributed by atoms with van der Waals surface area (Å²) in [5.41, 5.74) is -4.22. The van der Waals surface area contributed by atoms with Gasteiger partial charge in [0, 0.05) is 6.20 Å². The van der Waals surface area contributed by atoms with Crippen LogP contribution >= 0.6 is 11.6 Å². The van der Waals surface area contributed by atoms with E-state index in [2.05, 4.69) is 25.9 Å². The van der Waals surface area contributed by atoms with E-state index in [1.807, 2.05) is 0 Å². The third kappa shape index (κ3) is 4.18. The zero-order chi connectivity index (χ0) is 18.8. The number of H-pyrrole nitrogens is 1. The van der Waals surface area contributed by atoms with Crippen molar-refractivity contribution in [1.29, 1.82) is 5.26 Å². The first kappa shape index (κ1) is 18.5. The van der Waals surface area contributed by atoms with Crippen LogP contribution in [0, 0.1) is 11.3 Å². The molecule has 0 aliphatic rings. The van der Waals surface area contributed by atoms with Crippen LogP contribution in [0.4, 0.5) is 32.0 Å². The number of benzene rings is 1. The molecule has 2 N–H and O–H groups in total. The molecule has 2 aromatic rings. The lowest BCUT2D eigenvalue weighted by molar-refractivity contribution is -0.142. The second kappa shape index (κ2) is 6.60. The first-order chi connectivity index (χ1) is 11.5. The van der Waals surface area contributed by atoms with Gasteiger partial charge in [0.15, 0.2) is 0 Å². The number of aromatic nitrogens is 4. The quantitative estimate of drug-likeness (QED) is 0.621. The Balaban J connectivity index is 2.52. The minimum absolute atomic E-state index is 0.0956. The van der Waals surface area contributed by atoms with Gasteiger partial charge in [-0.25, -0.2) is 0 Å². The second-order valence-corrected chi connectivity index (χ2v) is 4.81. The van der Waals surface area contributed by atoms with Crippen LogP contribution in [0.3, 0.4) is 0 Å². The molecule has 0 bridgehead atoms. The summed E-state index contributed by atoms with van der Waals surface area (Å²) in [7, 11) is 0. The van der Waals surface area contributed by atoms with Gasteiger partial charge in [-0.15, -0.1) is 10.2 Å². The maximum absolute atomic E-state index is 12.9. The van der Waals surface area contributed by atoms with Gasteiger partial charge in [-0.1, -0.05) is 11.6 Å². The Morgan fingerprint density at radius 1 is 1.20 bits per heavy atom. The molecule has 0 aliphatic carbocycles. The van der Waals surface area contributed by atoms with E-state index in [0.29, 0.717) is 6.07 Å². The van der Waals surface area contributed by atoms with Crippen LogP contribution in [-0.4, -0.2) is 20.6 Å². The SMILES string of the molecule is N#CC(=CNc1cc(C(F)(F)F)cc(C(F)(F)F)c1Cl)c1nn[nH]n1. The largest absolute Gasteiger partial charge is 0.417 e. The highest BCUT2D eigenvalue weighted by Crippen LogP contribution is 2.42. The average Bonchev–Trinajstić information content (AvgIpc) is 3.01. The van der Waals surface area contributed by atoms with E-state index in [1.54, 1.807) is 6.07 Å². The number of nitrogens with one attached hydrogen (secondary N) is 2. The van der Waals surface area contributed by atoms with Crippen LogP contribution in [-0.2, 0) is 12.4 Å². The van der Waals surface area contributed by atoms with Gasteiger partial charge >= 0.3 is 12.4 Å². The van der Waals surface area contributed by atoms with Crippen LogP contribution in [0.15, 0.2) is 18.3 Å². The van der Waals surface area contributed by atoms with E-state index >= 15 is 0 Å². The predicted octanol–water partition coefficient (Wildman–Crippen LogP) is 3.87. The molecule has 1 heterocycles. The zero-order valence-corrected chi connectivity index (χ0v) is 12.4. The molecule has 25 heavy (non-hydrogen) atoms. The van der Waals surface area contributed by atoms with Crippen molar-refractivity contribution in [3.63, 3.8) is 0 Å². The van der Waals surface area contributed by atoms with E-state index in [0.717, 1.165) is 6.20 Å². The predicted molar refractivity (Wildman–Crippen MR) is 72.8 cm³/mol. The Morgan fingerprint density at radius 2 is 1.88 bits per heavy atom. The molecule has 0 saturated carbocycles.